The molecule has 2 aromatic rings. The molecular formula is C19H25ClIN5O. The molecule has 3 rings (SSSR count). The van der Waals surface area contributed by atoms with Gasteiger partial charge in [-0.25, -0.2) is 4.98 Å². The summed E-state index contributed by atoms with van der Waals surface area (Å²) in [5.41, 5.74) is 2.25. The van der Waals surface area contributed by atoms with Crippen LogP contribution in [0, 0.1) is 0 Å². The minimum atomic E-state index is 0. The first-order valence-electron chi connectivity index (χ1n) is 8.72. The van der Waals surface area contributed by atoms with Crippen molar-refractivity contribution in [2.24, 2.45) is 4.99 Å². The Morgan fingerprint density at radius 3 is 2.70 bits per heavy atom. The van der Waals surface area contributed by atoms with Crippen LogP contribution in [0.4, 0.5) is 5.82 Å². The van der Waals surface area contributed by atoms with Gasteiger partial charge in [0.25, 0.3) is 0 Å². The van der Waals surface area contributed by atoms with E-state index in [-0.39, 0.29) is 24.0 Å². The number of ether oxygens (including phenoxy) is 1. The lowest BCUT2D eigenvalue weighted by Crippen LogP contribution is -2.39. The SMILES string of the molecule is CN=C(NCc1cccc(Cl)c1)NCc1cccnc1N1CCOCC1.I. The number of morpholine rings is 1. The van der Waals surface area contributed by atoms with Crippen molar-refractivity contribution in [3.05, 3.63) is 58.7 Å². The van der Waals surface area contributed by atoms with E-state index >= 15 is 0 Å². The zero-order valence-electron chi connectivity index (χ0n) is 15.3. The van der Waals surface area contributed by atoms with Gasteiger partial charge in [-0.1, -0.05) is 29.8 Å². The first-order valence-corrected chi connectivity index (χ1v) is 9.09. The van der Waals surface area contributed by atoms with Crippen LogP contribution in [0.1, 0.15) is 11.1 Å². The van der Waals surface area contributed by atoms with Crippen molar-refractivity contribution >= 4 is 47.4 Å². The number of hydrogen-bond donors (Lipinski definition) is 2. The van der Waals surface area contributed by atoms with Gasteiger partial charge >= 0.3 is 0 Å². The Hall–Kier alpha value is -1.58. The van der Waals surface area contributed by atoms with E-state index < -0.39 is 0 Å². The number of benzene rings is 1. The summed E-state index contributed by atoms with van der Waals surface area (Å²) in [7, 11) is 1.76. The maximum absolute atomic E-state index is 6.03. The smallest absolute Gasteiger partial charge is 0.191 e. The molecular weight excluding hydrogens is 477 g/mol. The van der Waals surface area contributed by atoms with Gasteiger partial charge in [0.1, 0.15) is 5.82 Å². The van der Waals surface area contributed by atoms with E-state index in [0.717, 1.165) is 54.2 Å². The largest absolute Gasteiger partial charge is 0.378 e. The predicted molar refractivity (Wildman–Crippen MR) is 121 cm³/mol. The van der Waals surface area contributed by atoms with Gasteiger partial charge in [-0.15, -0.1) is 24.0 Å². The molecule has 2 heterocycles. The van der Waals surface area contributed by atoms with Gasteiger partial charge in [-0.3, -0.25) is 4.99 Å². The summed E-state index contributed by atoms with van der Waals surface area (Å²) < 4.78 is 5.44. The molecule has 0 saturated carbocycles. The van der Waals surface area contributed by atoms with Crippen LogP contribution in [-0.2, 0) is 17.8 Å². The molecule has 2 N–H and O–H groups in total. The van der Waals surface area contributed by atoms with Crippen LogP contribution in [0.3, 0.4) is 0 Å². The number of anilines is 1. The van der Waals surface area contributed by atoms with Crippen LogP contribution < -0.4 is 15.5 Å². The standard InChI is InChI=1S/C19H24ClN5O.HI/c1-21-19(23-13-15-4-2-6-17(20)12-15)24-14-16-5-3-7-22-18(16)25-8-10-26-11-9-25;/h2-7,12H,8-11,13-14H2,1H3,(H2,21,23,24);1H. The highest BCUT2D eigenvalue weighted by Gasteiger charge is 2.15. The van der Waals surface area contributed by atoms with Gasteiger partial charge in [0, 0.05) is 50.0 Å². The van der Waals surface area contributed by atoms with E-state index in [9.17, 15) is 0 Å². The second-order valence-corrected chi connectivity index (χ2v) is 6.43. The number of rotatable bonds is 5. The molecule has 146 valence electrons. The zero-order valence-corrected chi connectivity index (χ0v) is 18.4. The Balaban J connectivity index is 0.00000261. The van der Waals surface area contributed by atoms with Crippen LogP contribution in [-0.4, -0.2) is 44.3 Å². The third kappa shape index (κ3) is 6.51. The fourth-order valence-electron chi connectivity index (χ4n) is 2.86. The molecule has 1 aliphatic heterocycles. The molecule has 0 bridgehead atoms. The van der Waals surface area contributed by atoms with Crippen molar-refractivity contribution in [3.8, 4) is 0 Å². The molecule has 1 fully saturated rings. The average Bonchev–Trinajstić information content (AvgIpc) is 2.69. The maximum atomic E-state index is 6.03. The van der Waals surface area contributed by atoms with E-state index in [1.54, 1.807) is 7.05 Å². The molecule has 0 unspecified atom stereocenters. The van der Waals surface area contributed by atoms with Crippen molar-refractivity contribution < 1.29 is 4.74 Å². The number of nitrogens with one attached hydrogen (secondary N) is 2. The topological polar surface area (TPSA) is 61.8 Å². The van der Waals surface area contributed by atoms with Gasteiger partial charge in [-0.05, 0) is 23.8 Å². The third-order valence-corrected chi connectivity index (χ3v) is 4.43. The Bertz CT molecular complexity index is 752. The van der Waals surface area contributed by atoms with Crippen LogP contribution in [0.25, 0.3) is 0 Å². The van der Waals surface area contributed by atoms with Gasteiger partial charge in [0.15, 0.2) is 5.96 Å². The molecule has 1 saturated heterocycles. The van der Waals surface area contributed by atoms with Crippen molar-refractivity contribution in [2.45, 2.75) is 13.1 Å². The summed E-state index contributed by atoms with van der Waals surface area (Å²) in [6, 6.07) is 11.8. The molecule has 0 atom stereocenters. The lowest BCUT2D eigenvalue weighted by molar-refractivity contribution is 0.122. The molecule has 6 nitrogen and oxygen atoms in total. The predicted octanol–water partition coefficient (Wildman–Crippen LogP) is 3.05. The molecule has 27 heavy (non-hydrogen) atoms. The molecule has 1 aromatic carbocycles. The Labute approximate surface area is 182 Å². The molecule has 0 aliphatic carbocycles. The minimum absolute atomic E-state index is 0. The normalized spacial score (nSPS) is 14.4. The summed E-state index contributed by atoms with van der Waals surface area (Å²) in [4.78, 5) is 11.1. The van der Waals surface area contributed by atoms with Crippen LogP contribution in [0.5, 0.6) is 0 Å². The van der Waals surface area contributed by atoms with E-state index in [1.165, 1.54) is 0 Å². The van der Waals surface area contributed by atoms with Gasteiger partial charge in [0.2, 0.25) is 0 Å². The van der Waals surface area contributed by atoms with Gasteiger partial charge < -0.3 is 20.3 Å². The highest BCUT2D eigenvalue weighted by Crippen LogP contribution is 2.18. The lowest BCUT2D eigenvalue weighted by Gasteiger charge is -2.29. The number of aromatic nitrogens is 1. The van der Waals surface area contributed by atoms with E-state index in [2.05, 4.69) is 31.6 Å². The Kier molecular flexibility index (Phi) is 9.09. The number of hydrogen-bond acceptors (Lipinski definition) is 4. The average molecular weight is 502 g/mol. The van der Waals surface area contributed by atoms with Crippen molar-refractivity contribution in [1.29, 1.82) is 0 Å². The maximum Gasteiger partial charge on any atom is 0.191 e. The number of nitrogens with zero attached hydrogens (tertiary/aromatic N) is 3. The Morgan fingerprint density at radius 2 is 1.96 bits per heavy atom. The molecule has 1 aliphatic rings. The zero-order chi connectivity index (χ0) is 18.2. The Morgan fingerprint density at radius 1 is 1.19 bits per heavy atom. The first-order chi connectivity index (χ1) is 12.8. The molecule has 8 heteroatoms. The van der Waals surface area contributed by atoms with E-state index in [1.807, 2.05) is 36.5 Å². The number of guanidine groups is 1. The summed E-state index contributed by atoms with van der Waals surface area (Å²) in [5.74, 6) is 1.75. The summed E-state index contributed by atoms with van der Waals surface area (Å²) in [6.07, 6.45) is 1.83. The van der Waals surface area contributed by atoms with Gasteiger partial charge in [0.05, 0.1) is 13.2 Å². The second kappa shape index (κ2) is 11.3. The van der Waals surface area contributed by atoms with E-state index in [4.69, 9.17) is 16.3 Å². The van der Waals surface area contributed by atoms with Crippen molar-refractivity contribution in [2.75, 3.05) is 38.3 Å². The molecule has 0 radical (unpaired) electrons. The fourth-order valence-corrected chi connectivity index (χ4v) is 3.07. The molecule has 0 amide bonds. The van der Waals surface area contributed by atoms with E-state index in [0.29, 0.717) is 13.1 Å². The van der Waals surface area contributed by atoms with Crippen molar-refractivity contribution in [1.82, 2.24) is 15.6 Å². The fraction of sp³-hybridized carbons (Fsp3) is 0.368. The molecule has 0 spiro atoms. The van der Waals surface area contributed by atoms with Crippen molar-refractivity contribution in [3.63, 3.8) is 0 Å². The minimum Gasteiger partial charge on any atom is -0.378 e. The monoisotopic (exact) mass is 501 g/mol. The van der Waals surface area contributed by atoms with Crippen LogP contribution in [0.2, 0.25) is 5.02 Å². The number of pyridine rings is 1. The number of halogens is 2. The van der Waals surface area contributed by atoms with Crippen LogP contribution in [0.15, 0.2) is 47.6 Å². The highest BCUT2D eigenvalue weighted by atomic mass is 127. The molecule has 1 aromatic heterocycles. The highest BCUT2D eigenvalue weighted by molar-refractivity contribution is 14.0. The lowest BCUT2D eigenvalue weighted by atomic mass is 10.2. The summed E-state index contributed by atoms with van der Waals surface area (Å²) >= 11 is 6.03. The van der Waals surface area contributed by atoms with Crippen LogP contribution >= 0.6 is 35.6 Å². The second-order valence-electron chi connectivity index (χ2n) is 5.99. The quantitative estimate of drug-likeness (QED) is 0.375. The summed E-state index contributed by atoms with van der Waals surface area (Å²) in [5, 5.41) is 7.40. The van der Waals surface area contributed by atoms with Gasteiger partial charge in [-0.2, -0.15) is 0 Å². The third-order valence-electron chi connectivity index (χ3n) is 4.20. The first kappa shape index (κ1) is 21.7. The summed E-state index contributed by atoms with van der Waals surface area (Å²) in [6.45, 7) is 4.52. The number of aliphatic imine (C=N–C) groups is 1.